The average molecular weight is 445 g/mol. The molecule has 1 aliphatic rings. The molecular formula is C23H32N4O5. The van der Waals surface area contributed by atoms with Crippen molar-refractivity contribution in [1.82, 2.24) is 20.4 Å². The summed E-state index contributed by atoms with van der Waals surface area (Å²) in [6, 6.07) is 7.01. The number of ketones is 1. The standard InChI is InChI=1S/C23H32N4O5/c1-26(2)18(20-7-5-9-31-20)13-24-22(29)16-11-15(28)12-17(16)23(30)25-14-19(27(3)4)21-8-6-10-32-21/h5-10,16-19H,11-14H2,1-4H3,(H,24,29)(H,25,30)/t16-,17-,18-,19+/m1/s1. The van der Waals surface area contributed by atoms with E-state index in [0.29, 0.717) is 13.1 Å². The second kappa shape index (κ2) is 10.6. The lowest BCUT2D eigenvalue weighted by Gasteiger charge is -2.25. The number of furan rings is 2. The molecule has 2 aromatic heterocycles. The van der Waals surface area contributed by atoms with Crippen molar-refractivity contribution in [2.75, 3.05) is 41.3 Å². The molecule has 1 fully saturated rings. The summed E-state index contributed by atoms with van der Waals surface area (Å²) in [6.45, 7) is 0.638. The minimum atomic E-state index is -0.677. The van der Waals surface area contributed by atoms with E-state index < -0.39 is 11.8 Å². The second-order valence-corrected chi connectivity index (χ2v) is 8.64. The van der Waals surface area contributed by atoms with Crippen LogP contribution in [0.4, 0.5) is 0 Å². The Morgan fingerprint density at radius 3 is 1.59 bits per heavy atom. The smallest absolute Gasteiger partial charge is 0.224 e. The van der Waals surface area contributed by atoms with Gasteiger partial charge in [0.25, 0.3) is 0 Å². The van der Waals surface area contributed by atoms with E-state index in [1.54, 1.807) is 24.7 Å². The Morgan fingerprint density at radius 1 is 0.875 bits per heavy atom. The Kier molecular flexibility index (Phi) is 7.87. The highest BCUT2D eigenvalue weighted by Gasteiger charge is 2.42. The summed E-state index contributed by atoms with van der Waals surface area (Å²) in [5, 5.41) is 5.82. The maximum atomic E-state index is 12.9. The van der Waals surface area contributed by atoms with Gasteiger partial charge >= 0.3 is 0 Å². The van der Waals surface area contributed by atoms with Crippen molar-refractivity contribution in [3.05, 3.63) is 48.3 Å². The van der Waals surface area contributed by atoms with Crippen molar-refractivity contribution < 1.29 is 23.2 Å². The highest BCUT2D eigenvalue weighted by atomic mass is 16.3. The number of carbonyl (C=O) groups is 3. The summed E-state index contributed by atoms with van der Waals surface area (Å²) in [5.74, 6) is -0.531. The van der Waals surface area contributed by atoms with Gasteiger partial charge < -0.3 is 19.5 Å². The minimum absolute atomic E-state index is 0.0734. The first-order chi connectivity index (χ1) is 15.3. The zero-order valence-corrected chi connectivity index (χ0v) is 19.0. The molecule has 2 amide bonds. The van der Waals surface area contributed by atoms with Crippen LogP contribution in [0.1, 0.15) is 36.4 Å². The number of carbonyl (C=O) groups excluding carboxylic acids is 3. The van der Waals surface area contributed by atoms with Crippen molar-refractivity contribution >= 4 is 17.6 Å². The lowest BCUT2D eigenvalue weighted by molar-refractivity contribution is -0.133. The Balaban J connectivity index is 1.60. The summed E-state index contributed by atoms with van der Waals surface area (Å²) < 4.78 is 10.9. The highest BCUT2D eigenvalue weighted by molar-refractivity contribution is 5.98. The molecule has 3 rings (SSSR count). The van der Waals surface area contributed by atoms with Crippen LogP contribution >= 0.6 is 0 Å². The van der Waals surface area contributed by atoms with Crippen molar-refractivity contribution in [3.8, 4) is 0 Å². The Morgan fingerprint density at radius 2 is 1.28 bits per heavy atom. The normalized spacial score (nSPS) is 20.5. The number of hydrogen-bond acceptors (Lipinski definition) is 7. The molecule has 0 spiro atoms. The fourth-order valence-electron chi connectivity index (χ4n) is 4.10. The van der Waals surface area contributed by atoms with Crippen LogP contribution in [-0.2, 0) is 14.4 Å². The largest absolute Gasteiger partial charge is 0.468 e. The summed E-state index contributed by atoms with van der Waals surface area (Å²) >= 11 is 0. The second-order valence-electron chi connectivity index (χ2n) is 8.64. The maximum Gasteiger partial charge on any atom is 0.224 e. The SMILES string of the molecule is CN(C)[C@H](CNC(=O)[C@@H]1CC(=O)C[C@H]1C(=O)NC[C@@H](c1ccco1)N(C)C)c1ccco1. The Hall–Kier alpha value is -2.91. The van der Waals surface area contributed by atoms with Crippen LogP contribution < -0.4 is 10.6 Å². The fraction of sp³-hybridized carbons (Fsp3) is 0.522. The predicted molar refractivity (Wildman–Crippen MR) is 118 cm³/mol. The van der Waals surface area contributed by atoms with Gasteiger partial charge in [0.1, 0.15) is 17.3 Å². The number of rotatable bonds is 10. The van der Waals surface area contributed by atoms with E-state index >= 15 is 0 Å². The van der Waals surface area contributed by atoms with Gasteiger partial charge in [-0.3, -0.25) is 24.2 Å². The van der Waals surface area contributed by atoms with Crippen molar-refractivity contribution in [3.63, 3.8) is 0 Å². The third kappa shape index (κ3) is 5.66. The monoisotopic (exact) mass is 444 g/mol. The first-order valence-corrected chi connectivity index (χ1v) is 10.7. The molecule has 0 bridgehead atoms. The van der Waals surface area contributed by atoms with Gasteiger partial charge in [0.15, 0.2) is 0 Å². The molecule has 9 nitrogen and oxygen atoms in total. The van der Waals surface area contributed by atoms with Crippen LogP contribution in [0.15, 0.2) is 45.6 Å². The molecule has 0 radical (unpaired) electrons. The fourth-order valence-corrected chi connectivity index (χ4v) is 4.10. The Labute approximate surface area is 188 Å². The van der Waals surface area contributed by atoms with E-state index in [1.165, 1.54) is 0 Å². The van der Waals surface area contributed by atoms with Gasteiger partial charge in [-0.2, -0.15) is 0 Å². The van der Waals surface area contributed by atoms with Crippen molar-refractivity contribution in [1.29, 1.82) is 0 Å². The lowest BCUT2D eigenvalue weighted by Crippen LogP contribution is -2.43. The lowest BCUT2D eigenvalue weighted by atomic mass is 9.94. The Bertz CT molecular complexity index is 819. The van der Waals surface area contributed by atoms with Crippen LogP contribution in [0.25, 0.3) is 0 Å². The van der Waals surface area contributed by atoms with Gasteiger partial charge in [0.2, 0.25) is 11.8 Å². The first-order valence-electron chi connectivity index (χ1n) is 10.7. The van der Waals surface area contributed by atoms with Crippen LogP contribution in [0.5, 0.6) is 0 Å². The molecule has 1 aliphatic carbocycles. The van der Waals surface area contributed by atoms with E-state index in [-0.39, 0.29) is 42.5 Å². The molecule has 174 valence electrons. The molecule has 0 aliphatic heterocycles. The summed E-state index contributed by atoms with van der Waals surface area (Å²) in [7, 11) is 7.59. The quantitative estimate of drug-likeness (QED) is 0.573. The molecule has 1 saturated carbocycles. The van der Waals surface area contributed by atoms with E-state index in [0.717, 1.165) is 11.5 Å². The van der Waals surface area contributed by atoms with Crippen molar-refractivity contribution in [2.24, 2.45) is 11.8 Å². The molecule has 4 atom stereocenters. The molecule has 9 heteroatoms. The van der Waals surface area contributed by atoms with Crippen LogP contribution in [0.2, 0.25) is 0 Å². The van der Waals surface area contributed by atoms with E-state index in [9.17, 15) is 14.4 Å². The van der Waals surface area contributed by atoms with Gasteiger partial charge in [0, 0.05) is 25.9 Å². The van der Waals surface area contributed by atoms with Crippen LogP contribution in [0.3, 0.4) is 0 Å². The molecule has 0 aromatic carbocycles. The summed E-state index contributed by atoms with van der Waals surface area (Å²) in [6.07, 6.45) is 3.33. The minimum Gasteiger partial charge on any atom is -0.468 e. The number of nitrogens with zero attached hydrogens (tertiary/aromatic N) is 2. The molecule has 0 unspecified atom stereocenters. The van der Waals surface area contributed by atoms with Gasteiger partial charge in [-0.1, -0.05) is 0 Å². The van der Waals surface area contributed by atoms with Gasteiger partial charge in [-0.15, -0.1) is 0 Å². The van der Waals surface area contributed by atoms with E-state index in [2.05, 4.69) is 10.6 Å². The highest BCUT2D eigenvalue weighted by Crippen LogP contribution is 2.30. The summed E-state index contributed by atoms with van der Waals surface area (Å²) in [5.41, 5.74) is 0. The van der Waals surface area contributed by atoms with Crippen LogP contribution in [-0.4, -0.2) is 68.7 Å². The number of Topliss-reactive ketones (excluding diaryl/α,β-unsaturated/α-hetero) is 1. The third-order valence-corrected chi connectivity index (χ3v) is 5.98. The first kappa shape index (κ1) is 23.7. The number of amides is 2. The maximum absolute atomic E-state index is 12.9. The number of hydrogen-bond donors (Lipinski definition) is 2. The van der Waals surface area contributed by atoms with E-state index in [1.807, 2.05) is 50.1 Å². The van der Waals surface area contributed by atoms with Gasteiger partial charge in [-0.05, 0) is 52.5 Å². The molecule has 2 N–H and O–H groups in total. The number of likely N-dealkylation sites (N-methyl/N-ethyl adjacent to an activating group) is 2. The average Bonchev–Trinajstić information content (AvgIpc) is 3.49. The van der Waals surface area contributed by atoms with Crippen LogP contribution in [0, 0.1) is 11.8 Å². The van der Waals surface area contributed by atoms with Crippen molar-refractivity contribution in [2.45, 2.75) is 24.9 Å². The zero-order valence-electron chi connectivity index (χ0n) is 19.0. The number of nitrogens with one attached hydrogen (secondary N) is 2. The molecule has 32 heavy (non-hydrogen) atoms. The topological polar surface area (TPSA) is 108 Å². The molecule has 0 saturated heterocycles. The molecular weight excluding hydrogens is 412 g/mol. The van der Waals surface area contributed by atoms with Gasteiger partial charge in [0.05, 0.1) is 36.4 Å². The van der Waals surface area contributed by atoms with E-state index in [4.69, 9.17) is 8.83 Å². The zero-order chi connectivity index (χ0) is 23.3. The van der Waals surface area contributed by atoms with Gasteiger partial charge in [-0.25, -0.2) is 0 Å². The molecule has 2 heterocycles. The predicted octanol–water partition coefficient (Wildman–Crippen LogP) is 1.61. The third-order valence-electron chi connectivity index (χ3n) is 5.98. The summed E-state index contributed by atoms with van der Waals surface area (Å²) in [4.78, 5) is 41.9. The molecule has 2 aromatic rings.